The van der Waals surface area contributed by atoms with E-state index >= 15 is 0 Å². The monoisotopic (exact) mass is 486 g/mol. The maximum Gasteiger partial charge on any atom is 0.328 e. The Labute approximate surface area is 205 Å². The van der Waals surface area contributed by atoms with Crippen LogP contribution in [-0.2, 0) is 20.9 Å². The first kappa shape index (κ1) is 27.5. The number of hydrogen-bond donors (Lipinski definition) is 2. The average molecular weight is 487 g/mol. The lowest BCUT2D eigenvalue weighted by atomic mass is 9.99. The fourth-order valence-electron chi connectivity index (χ4n) is 3.69. The highest BCUT2D eigenvalue weighted by molar-refractivity contribution is 5.99. The smallest absolute Gasteiger partial charge is 0.328 e. The fourth-order valence-corrected chi connectivity index (χ4v) is 3.69. The number of hydrogen-bond acceptors (Lipinski definition) is 7. The Hall–Kier alpha value is -3.75. The molecule has 0 aliphatic heterocycles. The van der Waals surface area contributed by atoms with E-state index in [-0.39, 0.29) is 24.1 Å². The van der Waals surface area contributed by atoms with Gasteiger partial charge in [-0.3, -0.25) is 9.59 Å². The van der Waals surface area contributed by atoms with Crippen molar-refractivity contribution < 1.29 is 33.7 Å². The van der Waals surface area contributed by atoms with Crippen LogP contribution < -0.4 is 15.2 Å². The summed E-state index contributed by atoms with van der Waals surface area (Å²) < 4.78 is 16.0. The summed E-state index contributed by atoms with van der Waals surface area (Å²) in [6.07, 6.45) is 1.55. The van der Waals surface area contributed by atoms with Crippen LogP contribution in [0.4, 0.5) is 0 Å². The molecule has 9 heteroatoms. The number of carbonyl (C=O) groups is 3. The number of carbonyl (C=O) groups excluding carboxylic acids is 3. The van der Waals surface area contributed by atoms with Gasteiger partial charge in [0.25, 0.3) is 5.91 Å². The van der Waals surface area contributed by atoms with Gasteiger partial charge in [0.15, 0.2) is 0 Å². The van der Waals surface area contributed by atoms with Crippen LogP contribution in [0.3, 0.4) is 0 Å². The Morgan fingerprint density at radius 1 is 1.06 bits per heavy atom. The lowest BCUT2D eigenvalue weighted by Gasteiger charge is -2.33. The number of aromatic hydroxyl groups is 1. The highest BCUT2D eigenvalue weighted by atomic mass is 16.5. The summed E-state index contributed by atoms with van der Waals surface area (Å²) in [5.74, 6) is -0.859. The molecule has 0 aliphatic rings. The molecule has 190 valence electrons. The van der Waals surface area contributed by atoms with Gasteiger partial charge in [-0.25, -0.2) is 4.79 Å². The zero-order valence-electron chi connectivity index (χ0n) is 20.7. The first-order chi connectivity index (χ1) is 16.7. The van der Waals surface area contributed by atoms with Crippen molar-refractivity contribution in [2.24, 2.45) is 11.7 Å². The molecule has 2 amide bonds. The molecule has 0 heterocycles. The third kappa shape index (κ3) is 7.63. The number of para-hydroxylation sites is 1. The van der Waals surface area contributed by atoms with Crippen LogP contribution in [0.1, 0.15) is 49.0 Å². The number of ether oxygens (including phenoxy) is 3. The quantitative estimate of drug-likeness (QED) is 0.328. The number of unbranched alkanes of at least 4 members (excludes halogenated alkanes) is 1. The molecular weight excluding hydrogens is 452 g/mol. The van der Waals surface area contributed by atoms with Crippen LogP contribution in [0.2, 0.25) is 0 Å². The molecule has 0 saturated carbocycles. The highest BCUT2D eigenvalue weighted by Gasteiger charge is 2.35. The molecule has 2 aromatic rings. The summed E-state index contributed by atoms with van der Waals surface area (Å²) in [5, 5.41) is 10.7. The summed E-state index contributed by atoms with van der Waals surface area (Å²) in [6.45, 7) is 3.96. The van der Waals surface area contributed by atoms with Crippen molar-refractivity contribution in [3.8, 4) is 17.2 Å². The van der Waals surface area contributed by atoms with Crippen LogP contribution in [0.25, 0.3) is 0 Å². The van der Waals surface area contributed by atoms with E-state index in [4.69, 9.17) is 19.9 Å². The van der Waals surface area contributed by atoms with Crippen LogP contribution in [0.5, 0.6) is 17.2 Å². The summed E-state index contributed by atoms with van der Waals surface area (Å²) in [6, 6.07) is 10.6. The molecule has 2 aromatic carbocycles. The number of esters is 1. The van der Waals surface area contributed by atoms with Gasteiger partial charge in [0.1, 0.15) is 23.3 Å². The van der Waals surface area contributed by atoms with Gasteiger partial charge < -0.3 is 30.0 Å². The van der Waals surface area contributed by atoms with Gasteiger partial charge in [0.2, 0.25) is 5.91 Å². The second-order valence-corrected chi connectivity index (χ2v) is 8.41. The van der Waals surface area contributed by atoms with E-state index in [9.17, 15) is 19.5 Å². The third-order valence-electron chi connectivity index (χ3n) is 5.49. The largest absolute Gasteiger partial charge is 0.507 e. The van der Waals surface area contributed by atoms with Crippen molar-refractivity contribution in [2.45, 2.75) is 45.7 Å². The Morgan fingerprint density at radius 3 is 2.37 bits per heavy atom. The second kappa shape index (κ2) is 13.2. The van der Waals surface area contributed by atoms with Crippen LogP contribution in [-0.4, -0.2) is 54.7 Å². The number of rotatable bonds is 13. The minimum Gasteiger partial charge on any atom is -0.507 e. The number of primary amides is 1. The SMILES string of the molecule is COC(=O)[C@H](C(C)C)N(Cc1ccc(OCCCCC(N)=O)cc1O)C(=O)c1ccccc1OC. The topological polar surface area (TPSA) is 128 Å². The molecule has 0 unspecified atom stereocenters. The van der Waals surface area contributed by atoms with Gasteiger partial charge in [-0.1, -0.05) is 26.0 Å². The summed E-state index contributed by atoms with van der Waals surface area (Å²) in [5.41, 5.74) is 5.85. The Balaban J connectivity index is 2.30. The molecule has 0 aliphatic carbocycles. The maximum absolute atomic E-state index is 13.6. The van der Waals surface area contributed by atoms with Crippen molar-refractivity contribution >= 4 is 17.8 Å². The number of amides is 2. The Bertz CT molecular complexity index is 1020. The molecular formula is C26H34N2O7. The summed E-state index contributed by atoms with van der Waals surface area (Å²) in [4.78, 5) is 38.5. The van der Waals surface area contributed by atoms with E-state index in [2.05, 4.69) is 0 Å². The zero-order valence-corrected chi connectivity index (χ0v) is 20.7. The molecule has 2 rings (SSSR count). The summed E-state index contributed by atoms with van der Waals surface area (Å²) >= 11 is 0. The number of methoxy groups -OCH3 is 2. The van der Waals surface area contributed by atoms with E-state index in [1.807, 2.05) is 13.8 Å². The van der Waals surface area contributed by atoms with Crippen LogP contribution in [0, 0.1) is 5.92 Å². The average Bonchev–Trinajstić information content (AvgIpc) is 2.83. The number of phenols is 1. The predicted octanol–water partition coefficient (Wildman–Crippen LogP) is 3.28. The van der Waals surface area contributed by atoms with Gasteiger partial charge in [0, 0.05) is 18.1 Å². The molecule has 35 heavy (non-hydrogen) atoms. The minimum atomic E-state index is -0.891. The molecule has 9 nitrogen and oxygen atoms in total. The van der Waals surface area contributed by atoms with Gasteiger partial charge in [0.05, 0.1) is 32.9 Å². The first-order valence-electron chi connectivity index (χ1n) is 11.4. The first-order valence-corrected chi connectivity index (χ1v) is 11.4. The van der Waals surface area contributed by atoms with Crippen molar-refractivity contribution in [2.75, 3.05) is 20.8 Å². The van der Waals surface area contributed by atoms with E-state index in [0.717, 1.165) is 0 Å². The van der Waals surface area contributed by atoms with Gasteiger partial charge >= 0.3 is 5.97 Å². The predicted molar refractivity (Wildman–Crippen MR) is 130 cm³/mol. The fraction of sp³-hybridized carbons (Fsp3) is 0.423. The summed E-state index contributed by atoms with van der Waals surface area (Å²) in [7, 11) is 2.74. The Kier molecular flexibility index (Phi) is 10.4. The number of nitrogens with two attached hydrogens (primary N) is 1. The van der Waals surface area contributed by atoms with E-state index in [1.165, 1.54) is 25.2 Å². The van der Waals surface area contributed by atoms with E-state index in [1.54, 1.807) is 36.4 Å². The standard InChI is InChI=1S/C26H34N2O7/c1-17(2)24(26(32)34-4)28(25(31)20-9-5-6-10-22(20)33-3)16-18-12-13-19(15-21(18)29)35-14-8-7-11-23(27)30/h5-6,9-10,12-13,15,17,24,29H,7-8,11,14,16H2,1-4H3,(H2,27,30)/t24-/m0/s1. The van der Waals surface area contributed by atoms with Crippen molar-refractivity contribution in [1.82, 2.24) is 4.90 Å². The minimum absolute atomic E-state index is 0.0421. The van der Waals surface area contributed by atoms with Gasteiger partial charge in [-0.15, -0.1) is 0 Å². The van der Waals surface area contributed by atoms with Crippen LogP contribution in [0.15, 0.2) is 42.5 Å². The molecule has 3 N–H and O–H groups in total. The number of phenolic OH excluding ortho intramolecular Hbond substituents is 1. The van der Waals surface area contributed by atoms with E-state index < -0.39 is 17.9 Å². The highest BCUT2D eigenvalue weighted by Crippen LogP contribution is 2.29. The molecule has 0 bridgehead atoms. The molecule has 0 saturated heterocycles. The second-order valence-electron chi connectivity index (χ2n) is 8.41. The lowest BCUT2D eigenvalue weighted by molar-refractivity contribution is -0.148. The van der Waals surface area contributed by atoms with Gasteiger partial charge in [-0.2, -0.15) is 0 Å². The molecule has 1 atom stereocenters. The zero-order chi connectivity index (χ0) is 26.0. The number of benzene rings is 2. The van der Waals surface area contributed by atoms with Crippen molar-refractivity contribution in [3.05, 3.63) is 53.6 Å². The van der Waals surface area contributed by atoms with Crippen molar-refractivity contribution in [3.63, 3.8) is 0 Å². The molecule has 0 spiro atoms. The normalized spacial score (nSPS) is 11.6. The molecule has 0 fully saturated rings. The van der Waals surface area contributed by atoms with Gasteiger partial charge in [-0.05, 0) is 43.0 Å². The Morgan fingerprint density at radius 2 is 1.77 bits per heavy atom. The third-order valence-corrected chi connectivity index (χ3v) is 5.49. The van der Waals surface area contributed by atoms with Crippen molar-refractivity contribution in [1.29, 1.82) is 0 Å². The van der Waals surface area contributed by atoms with Crippen LogP contribution >= 0.6 is 0 Å². The lowest BCUT2D eigenvalue weighted by Crippen LogP contribution is -2.48. The number of nitrogens with zero attached hydrogens (tertiary/aromatic N) is 1. The maximum atomic E-state index is 13.6. The molecule has 0 aromatic heterocycles. The molecule has 0 radical (unpaired) electrons. The van der Waals surface area contributed by atoms with E-state index in [0.29, 0.717) is 48.5 Å².